The molecule has 0 radical (unpaired) electrons. The number of benzene rings is 2. The zero-order valence-corrected chi connectivity index (χ0v) is 17.4. The average Bonchev–Trinajstić information content (AvgIpc) is 2.75. The fraction of sp³-hybridized carbons (Fsp3) is 0.435. The first-order valence-electron chi connectivity index (χ1n) is 10.1. The fourth-order valence-corrected chi connectivity index (χ4v) is 3.30. The van der Waals surface area contributed by atoms with Crippen molar-refractivity contribution in [2.24, 2.45) is 0 Å². The molecule has 2 aromatic rings. The Morgan fingerprint density at radius 1 is 1.10 bits per heavy atom. The van der Waals surface area contributed by atoms with Gasteiger partial charge in [0.25, 0.3) is 5.91 Å². The predicted octanol–water partition coefficient (Wildman–Crippen LogP) is 3.96. The van der Waals surface area contributed by atoms with E-state index in [-0.39, 0.29) is 12.0 Å². The second kappa shape index (κ2) is 10.2. The first kappa shape index (κ1) is 21.0. The van der Waals surface area contributed by atoms with Crippen molar-refractivity contribution in [1.82, 2.24) is 4.90 Å². The van der Waals surface area contributed by atoms with E-state index >= 15 is 0 Å². The van der Waals surface area contributed by atoms with Gasteiger partial charge in [0.15, 0.2) is 6.10 Å². The number of anilines is 1. The van der Waals surface area contributed by atoms with Crippen LogP contribution in [0, 0.1) is 0 Å². The molecule has 0 aromatic heterocycles. The molecule has 1 aliphatic heterocycles. The van der Waals surface area contributed by atoms with Crippen molar-refractivity contribution >= 4 is 11.6 Å². The molecule has 0 aliphatic carbocycles. The molecular formula is C23H30N2O4. The molecule has 1 amide bonds. The maximum Gasteiger partial charge on any atom is 0.265 e. The number of likely N-dealkylation sites (tertiary alicyclic amines) is 1. The van der Waals surface area contributed by atoms with Crippen LogP contribution in [0.15, 0.2) is 48.5 Å². The second-order valence-electron chi connectivity index (χ2n) is 7.33. The third kappa shape index (κ3) is 6.12. The van der Waals surface area contributed by atoms with Gasteiger partial charge in [0.05, 0.1) is 7.11 Å². The Bertz CT molecular complexity index is 786. The number of carbonyl (C=O) groups is 1. The van der Waals surface area contributed by atoms with Gasteiger partial charge in [-0.2, -0.15) is 0 Å². The normalized spacial score (nSPS) is 16.1. The summed E-state index contributed by atoms with van der Waals surface area (Å²) in [6.07, 6.45) is 2.30. The van der Waals surface area contributed by atoms with Gasteiger partial charge >= 0.3 is 0 Å². The molecule has 6 heteroatoms. The maximum absolute atomic E-state index is 12.6. The Morgan fingerprint density at radius 2 is 1.79 bits per heavy atom. The number of ether oxygens (including phenoxy) is 3. The summed E-state index contributed by atoms with van der Waals surface area (Å²) >= 11 is 0. The number of hydrogen-bond donors (Lipinski definition) is 1. The van der Waals surface area contributed by atoms with Gasteiger partial charge in [-0.05, 0) is 62.7 Å². The van der Waals surface area contributed by atoms with Gasteiger partial charge in [-0.1, -0.05) is 13.0 Å². The topological polar surface area (TPSA) is 60.0 Å². The minimum absolute atomic E-state index is 0.181. The van der Waals surface area contributed by atoms with E-state index in [0.717, 1.165) is 37.4 Å². The molecule has 156 valence electrons. The lowest BCUT2D eigenvalue weighted by atomic mass is 10.1. The van der Waals surface area contributed by atoms with Gasteiger partial charge in [-0.15, -0.1) is 0 Å². The lowest BCUT2D eigenvalue weighted by molar-refractivity contribution is -0.122. The van der Waals surface area contributed by atoms with Crippen molar-refractivity contribution in [2.45, 2.75) is 38.4 Å². The highest BCUT2D eigenvalue weighted by Crippen LogP contribution is 2.23. The molecule has 0 spiro atoms. The van der Waals surface area contributed by atoms with Crippen LogP contribution in [0.25, 0.3) is 0 Å². The lowest BCUT2D eigenvalue weighted by Crippen LogP contribution is -2.35. The highest BCUT2D eigenvalue weighted by molar-refractivity contribution is 5.94. The molecule has 6 nitrogen and oxygen atoms in total. The summed E-state index contributed by atoms with van der Waals surface area (Å²) in [5.74, 6) is 1.95. The van der Waals surface area contributed by atoms with Crippen LogP contribution >= 0.6 is 0 Å². The number of methoxy groups -OCH3 is 1. The van der Waals surface area contributed by atoms with E-state index in [0.29, 0.717) is 17.9 Å². The SMILES string of the molecule is CC[C@H](Oc1cccc(OC)c1)C(=O)Nc1ccc(OC2CCN(C)CC2)cc1. The maximum atomic E-state index is 12.6. The van der Waals surface area contributed by atoms with Crippen LogP contribution in [0.5, 0.6) is 17.2 Å². The molecule has 1 N–H and O–H groups in total. The molecule has 1 saturated heterocycles. The number of carbonyl (C=O) groups excluding carboxylic acids is 1. The van der Waals surface area contributed by atoms with Crippen LogP contribution in [0.4, 0.5) is 5.69 Å². The number of nitrogens with one attached hydrogen (secondary N) is 1. The lowest BCUT2D eigenvalue weighted by Gasteiger charge is -2.29. The third-order valence-corrected chi connectivity index (χ3v) is 5.07. The van der Waals surface area contributed by atoms with Crippen LogP contribution in [0.2, 0.25) is 0 Å². The van der Waals surface area contributed by atoms with E-state index in [1.54, 1.807) is 13.2 Å². The standard InChI is InChI=1S/C23H30N2O4/c1-4-22(29-21-7-5-6-20(16-21)27-3)23(26)24-17-8-10-18(11-9-17)28-19-12-14-25(2)15-13-19/h5-11,16,19,22H,4,12-15H2,1-3H3,(H,24,26)/t22-/m0/s1. The molecule has 29 heavy (non-hydrogen) atoms. The first-order valence-corrected chi connectivity index (χ1v) is 10.1. The van der Waals surface area contributed by atoms with E-state index in [2.05, 4.69) is 17.3 Å². The van der Waals surface area contributed by atoms with Crippen LogP contribution in [0.1, 0.15) is 26.2 Å². The molecule has 1 aliphatic rings. The van der Waals surface area contributed by atoms with Gasteiger partial charge in [-0.25, -0.2) is 0 Å². The molecule has 0 saturated carbocycles. The average molecular weight is 399 g/mol. The summed E-state index contributed by atoms with van der Waals surface area (Å²) in [5.41, 5.74) is 0.721. The van der Waals surface area contributed by atoms with Gasteiger partial charge in [0.2, 0.25) is 0 Å². The summed E-state index contributed by atoms with van der Waals surface area (Å²) in [6.45, 7) is 4.04. The number of amides is 1. The Morgan fingerprint density at radius 3 is 2.45 bits per heavy atom. The van der Waals surface area contributed by atoms with Crippen LogP contribution in [0.3, 0.4) is 0 Å². The summed E-state index contributed by atoms with van der Waals surface area (Å²) in [6, 6.07) is 14.8. The van der Waals surface area contributed by atoms with Crippen molar-refractivity contribution < 1.29 is 19.0 Å². The zero-order valence-electron chi connectivity index (χ0n) is 17.4. The van der Waals surface area contributed by atoms with Crippen molar-refractivity contribution in [3.05, 3.63) is 48.5 Å². The highest BCUT2D eigenvalue weighted by Gasteiger charge is 2.20. The Labute approximate surface area is 172 Å². The van der Waals surface area contributed by atoms with Crippen LogP contribution < -0.4 is 19.5 Å². The van der Waals surface area contributed by atoms with Crippen molar-refractivity contribution in [1.29, 1.82) is 0 Å². The molecule has 1 fully saturated rings. The van der Waals surface area contributed by atoms with Crippen LogP contribution in [-0.2, 0) is 4.79 Å². The van der Waals surface area contributed by atoms with Crippen molar-refractivity contribution in [3.63, 3.8) is 0 Å². The molecule has 1 heterocycles. The van der Waals surface area contributed by atoms with E-state index in [1.165, 1.54) is 0 Å². The van der Waals surface area contributed by atoms with E-state index in [4.69, 9.17) is 14.2 Å². The molecule has 1 atom stereocenters. The Balaban J connectivity index is 1.54. The van der Waals surface area contributed by atoms with Crippen molar-refractivity contribution in [3.8, 4) is 17.2 Å². The molecule has 3 rings (SSSR count). The van der Waals surface area contributed by atoms with Gasteiger partial charge in [0, 0.05) is 24.8 Å². The van der Waals surface area contributed by atoms with Gasteiger partial charge in [-0.3, -0.25) is 4.79 Å². The smallest absolute Gasteiger partial charge is 0.265 e. The fourth-order valence-electron chi connectivity index (χ4n) is 3.30. The molecular weight excluding hydrogens is 368 g/mol. The largest absolute Gasteiger partial charge is 0.497 e. The van der Waals surface area contributed by atoms with Crippen molar-refractivity contribution in [2.75, 3.05) is 32.6 Å². The summed E-state index contributed by atoms with van der Waals surface area (Å²) in [5, 5.41) is 2.92. The van der Waals surface area contributed by atoms with E-state index in [1.807, 2.05) is 49.4 Å². The third-order valence-electron chi connectivity index (χ3n) is 5.07. The first-order chi connectivity index (χ1) is 14.1. The van der Waals surface area contributed by atoms with E-state index < -0.39 is 6.10 Å². The molecule has 0 unspecified atom stereocenters. The summed E-state index contributed by atoms with van der Waals surface area (Å²) in [4.78, 5) is 14.9. The quantitative estimate of drug-likeness (QED) is 0.729. The predicted molar refractivity (Wildman–Crippen MR) is 114 cm³/mol. The number of hydrogen-bond acceptors (Lipinski definition) is 5. The number of piperidine rings is 1. The van der Waals surface area contributed by atoms with E-state index in [9.17, 15) is 4.79 Å². The number of rotatable bonds is 8. The summed E-state index contributed by atoms with van der Waals surface area (Å²) in [7, 11) is 3.73. The Kier molecular flexibility index (Phi) is 7.36. The molecule has 2 aromatic carbocycles. The highest BCUT2D eigenvalue weighted by atomic mass is 16.5. The van der Waals surface area contributed by atoms with Gasteiger partial charge < -0.3 is 24.4 Å². The zero-order chi connectivity index (χ0) is 20.6. The second-order valence-corrected chi connectivity index (χ2v) is 7.33. The minimum Gasteiger partial charge on any atom is -0.497 e. The number of nitrogens with zero attached hydrogens (tertiary/aromatic N) is 1. The monoisotopic (exact) mass is 398 g/mol. The summed E-state index contributed by atoms with van der Waals surface area (Å²) < 4.78 is 17.1. The Hall–Kier alpha value is -2.73. The van der Waals surface area contributed by atoms with Gasteiger partial charge in [0.1, 0.15) is 23.4 Å². The van der Waals surface area contributed by atoms with Crippen LogP contribution in [-0.4, -0.2) is 50.3 Å². The minimum atomic E-state index is -0.586. The molecule has 0 bridgehead atoms.